The number of hydrogen-bond donors (Lipinski definition) is 1. The van der Waals surface area contributed by atoms with Gasteiger partial charge in [0.05, 0.1) is 5.69 Å². The highest BCUT2D eigenvalue weighted by atomic mass is 15.2. The molecular formula is C15H28N4. The third kappa shape index (κ3) is 6.53. The van der Waals surface area contributed by atoms with Crippen molar-refractivity contribution >= 4 is 5.82 Å². The summed E-state index contributed by atoms with van der Waals surface area (Å²) in [7, 11) is 2.08. The molecule has 1 aromatic heterocycles. The Balaban J connectivity index is 2.37. The Morgan fingerprint density at radius 1 is 1.21 bits per heavy atom. The van der Waals surface area contributed by atoms with E-state index >= 15 is 0 Å². The number of anilines is 1. The van der Waals surface area contributed by atoms with Gasteiger partial charge in [-0.1, -0.05) is 33.6 Å². The minimum absolute atomic E-state index is 0.664. The van der Waals surface area contributed by atoms with Crippen molar-refractivity contribution in [1.29, 1.82) is 0 Å². The van der Waals surface area contributed by atoms with Gasteiger partial charge in [-0.2, -0.15) is 5.10 Å². The first-order valence-corrected chi connectivity index (χ1v) is 7.38. The molecule has 0 fully saturated rings. The quantitative estimate of drug-likeness (QED) is 0.696. The fourth-order valence-corrected chi connectivity index (χ4v) is 1.85. The van der Waals surface area contributed by atoms with Gasteiger partial charge in [0.15, 0.2) is 5.82 Å². The lowest BCUT2D eigenvalue weighted by atomic mass is 10.2. The second kappa shape index (κ2) is 8.86. The zero-order valence-electron chi connectivity index (χ0n) is 12.8. The van der Waals surface area contributed by atoms with Crippen LogP contribution in [0.25, 0.3) is 0 Å². The second-order valence-corrected chi connectivity index (χ2v) is 5.54. The topological polar surface area (TPSA) is 41.0 Å². The average Bonchev–Trinajstić information content (AvgIpc) is 2.39. The number of hydrogen-bond acceptors (Lipinski definition) is 4. The molecule has 0 saturated carbocycles. The number of rotatable bonds is 9. The molecule has 0 aliphatic heterocycles. The molecule has 4 nitrogen and oxygen atoms in total. The first-order valence-electron chi connectivity index (χ1n) is 7.38. The lowest BCUT2D eigenvalue weighted by Crippen LogP contribution is -2.22. The van der Waals surface area contributed by atoms with Gasteiger partial charge in [0.2, 0.25) is 0 Å². The van der Waals surface area contributed by atoms with Gasteiger partial charge >= 0.3 is 0 Å². The Labute approximate surface area is 117 Å². The van der Waals surface area contributed by atoms with E-state index in [9.17, 15) is 0 Å². The molecule has 0 amide bonds. The lowest BCUT2D eigenvalue weighted by molar-refractivity contribution is 0.546. The molecule has 0 radical (unpaired) electrons. The summed E-state index contributed by atoms with van der Waals surface area (Å²) in [5.74, 6) is 1.63. The van der Waals surface area contributed by atoms with E-state index in [1.54, 1.807) is 0 Å². The van der Waals surface area contributed by atoms with Crippen molar-refractivity contribution in [3.63, 3.8) is 0 Å². The van der Waals surface area contributed by atoms with Gasteiger partial charge in [-0.15, -0.1) is 5.10 Å². The van der Waals surface area contributed by atoms with Gasteiger partial charge in [0.25, 0.3) is 0 Å². The van der Waals surface area contributed by atoms with Gasteiger partial charge in [0.1, 0.15) is 0 Å². The molecule has 0 aliphatic rings. The van der Waals surface area contributed by atoms with Crippen molar-refractivity contribution in [3.05, 3.63) is 17.8 Å². The summed E-state index contributed by atoms with van der Waals surface area (Å²) in [6, 6.07) is 4.12. The van der Waals surface area contributed by atoms with E-state index in [1.165, 1.54) is 19.3 Å². The molecule has 1 rings (SSSR count). The van der Waals surface area contributed by atoms with Crippen molar-refractivity contribution < 1.29 is 0 Å². The number of nitrogens with one attached hydrogen (secondary N) is 1. The maximum Gasteiger partial charge on any atom is 0.150 e. The molecule has 0 aromatic carbocycles. The third-order valence-electron chi connectivity index (χ3n) is 3.05. The minimum Gasteiger partial charge on any atom is -0.358 e. The highest BCUT2D eigenvalue weighted by Crippen LogP contribution is 2.09. The molecule has 0 spiro atoms. The van der Waals surface area contributed by atoms with Gasteiger partial charge in [-0.05, 0) is 31.0 Å². The molecule has 108 valence electrons. The Kier molecular flexibility index (Phi) is 7.41. The predicted octanol–water partition coefficient (Wildman–Crippen LogP) is 2.85. The average molecular weight is 264 g/mol. The zero-order chi connectivity index (χ0) is 14.1. The van der Waals surface area contributed by atoms with E-state index in [0.717, 1.165) is 31.1 Å². The summed E-state index contributed by atoms with van der Waals surface area (Å²) in [5, 5.41) is 11.9. The van der Waals surface area contributed by atoms with Crippen LogP contribution in [0, 0.1) is 5.92 Å². The van der Waals surface area contributed by atoms with Gasteiger partial charge in [-0.3, -0.25) is 0 Å². The van der Waals surface area contributed by atoms with Crippen molar-refractivity contribution in [2.75, 3.05) is 25.0 Å². The minimum atomic E-state index is 0.664. The molecule has 0 atom stereocenters. The molecular weight excluding hydrogens is 236 g/mol. The highest BCUT2D eigenvalue weighted by Gasteiger charge is 2.03. The van der Waals surface area contributed by atoms with Gasteiger partial charge in [-0.25, -0.2) is 0 Å². The SMILES string of the molecule is CCCCCN(C)c1ccc(CNCC(C)C)nn1. The van der Waals surface area contributed by atoms with Gasteiger partial charge < -0.3 is 10.2 Å². The van der Waals surface area contributed by atoms with Crippen molar-refractivity contribution in [3.8, 4) is 0 Å². The first kappa shape index (κ1) is 15.9. The zero-order valence-corrected chi connectivity index (χ0v) is 12.8. The van der Waals surface area contributed by atoms with Crippen LogP contribution in [-0.2, 0) is 6.54 Å². The standard InChI is InChI=1S/C15H28N4/c1-5-6-7-10-19(4)15-9-8-14(17-18-15)12-16-11-13(2)3/h8-9,13,16H,5-7,10-12H2,1-4H3. The van der Waals surface area contributed by atoms with E-state index in [1.807, 2.05) is 0 Å². The summed E-state index contributed by atoms with van der Waals surface area (Å²) in [6.45, 7) is 9.48. The molecule has 0 aliphatic carbocycles. The lowest BCUT2D eigenvalue weighted by Gasteiger charge is -2.17. The van der Waals surface area contributed by atoms with Crippen LogP contribution in [0.4, 0.5) is 5.82 Å². The van der Waals surface area contributed by atoms with E-state index in [0.29, 0.717) is 5.92 Å². The molecule has 1 heterocycles. The van der Waals surface area contributed by atoms with E-state index in [2.05, 4.69) is 60.4 Å². The van der Waals surface area contributed by atoms with Crippen LogP contribution in [0.2, 0.25) is 0 Å². The molecule has 1 N–H and O–H groups in total. The molecule has 4 heteroatoms. The number of unbranched alkanes of at least 4 members (excludes halogenated alkanes) is 2. The summed E-state index contributed by atoms with van der Waals surface area (Å²) in [6.07, 6.45) is 3.74. The molecule has 1 aromatic rings. The Morgan fingerprint density at radius 3 is 2.58 bits per heavy atom. The van der Waals surface area contributed by atoms with Gasteiger partial charge in [0, 0.05) is 20.1 Å². The summed E-state index contributed by atoms with van der Waals surface area (Å²) in [4.78, 5) is 2.17. The fraction of sp³-hybridized carbons (Fsp3) is 0.733. The van der Waals surface area contributed by atoms with Crippen LogP contribution in [0.1, 0.15) is 45.7 Å². The summed E-state index contributed by atoms with van der Waals surface area (Å²) >= 11 is 0. The Morgan fingerprint density at radius 2 is 2.00 bits per heavy atom. The maximum absolute atomic E-state index is 4.29. The largest absolute Gasteiger partial charge is 0.358 e. The fourth-order valence-electron chi connectivity index (χ4n) is 1.85. The van der Waals surface area contributed by atoms with Crippen LogP contribution in [0.5, 0.6) is 0 Å². The van der Waals surface area contributed by atoms with Crippen molar-refractivity contribution in [2.45, 2.75) is 46.6 Å². The molecule has 0 unspecified atom stereocenters. The van der Waals surface area contributed by atoms with E-state index < -0.39 is 0 Å². The van der Waals surface area contributed by atoms with Crippen LogP contribution in [0.3, 0.4) is 0 Å². The summed E-state index contributed by atoms with van der Waals surface area (Å²) in [5.41, 5.74) is 1.01. The van der Waals surface area contributed by atoms with E-state index in [-0.39, 0.29) is 0 Å². The smallest absolute Gasteiger partial charge is 0.150 e. The number of aromatic nitrogens is 2. The molecule has 0 bridgehead atoms. The Bertz CT molecular complexity index is 335. The predicted molar refractivity (Wildman–Crippen MR) is 81.4 cm³/mol. The summed E-state index contributed by atoms with van der Waals surface area (Å²) < 4.78 is 0. The van der Waals surface area contributed by atoms with Crippen LogP contribution in [-0.4, -0.2) is 30.3 Å². The van der Waals surface area contributed by atoms with Crippen molar-refractivity contribution in [1.82, 2.24) is 15.5 Å². The number of nitrogens with zero attached hydrogens (tertiary/aromatic N) is 3. The monoisotopic (exact) mass is 264 g/mol. The van der Waals surface area contributed by atoms with Crippen LogP contribution < -0.4 is 10.2 Å². The van der Waals surface area contributed by atoms with E-state index in [4.69, 9.17) is 0 Å². The normalized spacial score (nSPS) is 11.0. The van der Waals surface area contributed by atoms with Crippen LogP contribution in [0.15, 0.2) is 12.1 Å². The second-order valence-electron chi connectivity index (χ2n) is 5.54. The molecule has 19 heavy (non-hydrogen) atoms. The highest BCUT2D eigenvalue weighted by molar-refractivity contribution is 5.35. The third-order valence-corrected chi connectivity index (χ3v) is 3.05. The molecule has 0 saturated heterocycles. The maximum atomic E-state index is 4.29. The Hall–Kier alpha value is -1.16. The van der Waals surface area contributed by atoms with Crippen molar-refractivity contribution in [2.24, 2.45) is 5.92 Å². The van der Waals surface area contributed by atoms with Crippen LogP contribution >= 0.6 is 0 Å². The first-order chi connectivity index (χ1) is 9.13.